The standard InChI is InChI=1S/C16H21NO2.C12H19Cl3O8.ClH/c1-12(2)17-10-14(18)11-19-16-9-5-7-13-6-3-4-8-15(13)16;13-1-4-7(17)10(20)12(3-14,22-4)23-11-9(19)8(18)6(15)5(2-16)21-11;/h3-9,12,14,17-18H,10-11H2,1-2H3;4-11,16-20H,1-3H2;1H/t14-;4-,5-,6+,7-,8+,9-,10+,11-,12+;/m01./s1. The van der Waals surface area contributed by atoms with Crippen LogP contribution in [-0.4, -0.2) is 128 Å². The maximum Gasteiger partial charge on any atom is 0.214 e. The second-order valence-corrected chi connectivity index (χ2v) is 11.5. The van der Waals surface area contributed by atoms with E-state index in [2.05, 4.69) is 31.3 Å². The Bertz CT molecular complexity index is 1100. The Labute approximate surface area is 272 Å². The quantitative estimate of drug-likeness (QED) is 0.170. The predicted molar refractivity (Wildman–Crippen MR) is 165 cm³/mol. The van der Waals surface area contributed by atoms with Gasteiger partial charge in [0.15, 0.2) is 6.29 Å². The fourth-order valence-electron chi connectivity index (χ4n) is 4.49. The monoisotopic (exact) mass is 691 g/mol. The maximum absolute atomic E-state index is 10.1. The van der Waals surface area contributed by atoms with Gasteiger partial charge in [-0.05, 0) is 11.5 Å². The first-order chi connectivity index (χ1) is 20.0. The molecule has 2 fully saturated rings. The lowest BCUT2D eigenvalue weighted by molar-refractivity contribution is -0.357. The van der Waals surface area contributed by atoms with Gasteiger partial charge in [-0.3, -0.25) is 0 Å². The molecule has 10 atom stereocenters. The first-order valence-electron chi connectivity index (χ1n) is 13.6. The molecule has 0 spiro atoms. The first-order valence-corrected chi connectivity index (χ1v) is 15.1. The highest BCUT2D eigenvalue weighted by molar-refractivity contribution is 6.21. The topological polar surface area (TPSA) is 170 Å². The molecular weight excluding hydrogens is 652 g/mol. The number of alkyl halides is 3. The summed E-state index contributed by atoms with van der Waals surface area (Å²) in [4.78, 5) is 0. The summed E-state index contributed by atoms with van der Waals surface area (Å²) in [7, 11) is 0. The van der Waals surface area contributed by atoms with Crippen molar-refractivity contribution in [2.75, 3.05) is 31.5 Å². The molecule has 2 aliphatic rings. The third kappa shape index (κ3) is 9.63. The molecule has 2 aliphatic heterocycles. The summed E-state index contributed by atoms with van der Waals surface area (Å²) in [5.41, 5.74) is 0. The van der Waals surface area contributed by atoms with Crippen molar-refractivity contribution >= 4 is 58.0 Å². The van der Waals surface area contributed by atoms with E-state index in [-0.39, 0.29) is 18.3 Å². The van der Waals surface area contributed by atoms with Crippen LogP contribution in [0.25, 0.3) is 10.8 Å². The van der Waals surface area contributed by atoms with Crippen molar-refractivity contribution in [3.8, 4) is 5.75 Å². The van der Waals surface area contributed by atoms with Crippen molar-refractivity contribution in [1.29, 1.82) is 0 Å². The van der Waals surface area contributed by atoms with E-state index in [0.717, 1.165) is 16.5 Å². The van der Waals surface area contributed by atoms with Gasteiger partial charge in [-0.1, -0.05) is 50.2 Å². The van der Waals surface area contributed by atoms with Crippen molar-refractivity contribution in [2.45, 2.75) is 80.1 Å². The minimum Gasteiger partial charge on any atom is -0.490 e. The van der Waals surface area contributed by atoms with Crippen LogP contribution in [0.15, 0.2) is 42.5 Å². The van der Waals surface area contributed by atoms with E-state index in [1.54, 1.807) is 0 Å². The number of hydrogen-bond acceptors (Lipinski definition) is 11. The number of nitrogens with one attached hydrogen (secondary N) is 1. The zero-order chi connectivity index (χ0) is 31.0. The third-order valence-electron chi connectivity index (χ3n) is 6.90. The smallest absolute Gasteiger partial charge is 0.214 e. The number of hydrogen-bond donors (Lipinski definition) is 7. The molecule has 2 aromatic carbocycles. The Morgan fingerprint density at radius 3 is 2.26 bits per heavy atom. The summed E-state index contributed by atoms with van der Waals surface area (Å²) in [6.45, 7) is 4.43. The highest BCUT2D eigenvalue weighted by atomic mass is 35.5. The number of ether oxygens (including phenoxy) is 4. The van der Waals surface area contributed by atoms with Gasteiger partial charge in [0.2, 0.25) is 5.79 Å². The molecule has 0 radical (unpaired) electrons. The lowest BCUT2D eigenvalue weighted by atomic mass is 10.0. The Balaban J connectivity index is 0.000000298. The summed E-state index contributed by atoms with van der Waals surface area (Å²) < 4.78 is 21.9. The fraction of sp³-hybridized carbons (Fsp3) is 0.643. The molecule has 7 N–H and O–H groups in total. The Kier molecular flexibility index (Phi) is 15.9. The molecular formula is C28H41Cl4NO10. The molecule has 0 aromatic heterocycles. The molecule has 0 amide bonds. The molecule has 2 aromatic rings. The fourth-order valence-corrected chi connectivity index (χ4v) is 5.31. The molecule has 15 heteroatoms. The minimum absolute atomic E-state index is 0. The molecule has 11 nitrogen and oxygen atoms in total. The Morgan fingerprint density at radius 2 is 1.65 bits per heavy atom. The average molecular weight is 693 g/mol. The minimum atomic E-state index is -1.90. The van der Waals surface area contributed by atoms with Gasteiger partial charge in [-0.25, -0.2) is 0 Å². The maximum atomic E-state index is 10.1. The summed E-state index contributed by atoms with van der Waals surface area (Å²) in [5.74, 6) is -1.61. The number of fused-ring (bicyclic) bond motifs is 1. The summed E-state index contributed by atoms with van der Waals surface area (Å²) in [6, 6.07) is 14.4. The third-order valence-corrected chi connectivity index (χ3v) is 8.12. The number of aliphatic hydroxyl groups is 6. The lowest BCUT2D eigenvalue weighted by Crippen LogP contribution is -2.61. The summed E-state index contributed by atoms with van der Waals surface area (Å²) in [6.07, 6.45) is -9.89. The van der Waals surface area contributed by atoms with Gasteiger partial charge in [0.25, 0.3) is 0 Å². The van der Waals surface area contributed by atoms with Crippen LogP contribution in [0.5, 0.6) is 5.75 Å². The van der Waals surface area contributed by atoms with E-state index >= 15 is 0 Å². The zero-order valence-corrected chi connectivity index (χ0v) is 26.8. The van der Waals surface area contributed by atoms with E-state index in [0.29, 0.717) is 19.2 Å². The number of rotatable bonds is 11. The van der Waals surface area contributed by atoms with Gasteiger partial charge in [-0.15, -0.1) is 47.2 Å². The molecule has 4 rings (SSSR count). The average Bonchev–Trinajstić information content (AvgIpc) is 3.24. The van der Waals surface area contributed by atoms with Gasteiger partial charge >= 0.3 is 0 Å². The number of benzene rings is 2. The van der Waals surface area contributed by atoms with Crippen molar-refractivity contribution in [3.63, 3.8) is 0 Å². The predicted octanol–water partition coefficient (Wildman–Crippen LogP) is 1.34. The molecule has 0 unspecified atom stereocenters. The highest BCUT2D eigenvalue weighted by Gasteiger charge is 2.58. The molecule has 0 saturated carbocycles. The van der Waals surface area contributed by atoms with Crippen LogP contribution in [0, 0.1) is 0 Å². The Morgan fingerprint density at radius 1 is 0.977 bits per heavy atom. The van der Waals surface area contributed by atoms with E-state index < -0.39 is 72.7 Å². The molecule has 246 valence electrons. The first kappa shape index (κ1) is 38.4. The van der Waals surface area contributed by atoms with Crippen LogP contribution in [0.1, 0.15) is 13.8 Å². The van der Waals surface area contributed by atoms with E-state index in [1.807, 2.05) is 30.3 Å². The number of aliphatic hydroxyl groups excluding tert-OH is 6. The van der Waals surface area contributed by atoms with Crippen LogP contribution in [0.2, 0.25) is 0 Å². The van der Waals surface area contributed by atoms with E-state index in [4.69, 9.17) is 53.8 Å². The normalized spacial score (nSPS) is 33.0. The molecule has 2 heterocycles. The van der Waals surface area contributed by atoms with Crippen LogP contribution in [-0.2, 0) is 14.2 Å². The second-order valence-electron chi connectivity index (χ2n) is 10.5. The zero-order valence-electron chi connectivity index (χ0n) is 23.7. The second kappa shape index (κ2) is 17.8. The van der Waals surface area contributed by atoms with Crippen LogP contribution in [0.3, 0.4) is 0 Å². The molecule has 2 saturated heterocycles. The lowest BCUT2D eigenvalue weighted by Gasteiger charge is -2.43. The van der Waals surface area contributed by atoms with Gasteiger partial charge < -0.3 is 54.9 Å². The molecule has 43 heavy (non-hydrogen) atoms. The Hall–Kier alpha value is -0.740. The van der Waals surface area contributed by atoms with E-state index in [1.165, 1.54) is 0 Å². The van der Waals surface area contributed by atoms with Crippen molar-refractivity contribution in [3.05, 3.63) is 42.5 Å². The van der Waals surface area contributed by atoms with Gasteiger partial charge in [0.05, 0.1) is 23.7 Å². The van der Waals surface area contributed by atoms with Crippen LogP contribution >= 0.6 is 47.2 Å². The van der Waals surface area contributed by atoms with E-state index in [9.17, 15) is 30.6 Å². The summed E-state index contributed by atoms with van der Waals surface area (Å²) >= 11 is 17.3. The SMILES string of the molecule is CC(C)NC[C@H](O)COc1cccc2ccccc12.Cl.OC[C@H]1O[C@H](O[C@]2(CCl)O[C@H](CCl)[C@@H](O)[C@@H]2O)[C@H](O)[C@@H](O)[C@H]1Cl. The van der Waals surface area contributed by atoms with Crippen LogP contribution in [0.4, 0.5) is 0 Å². The molecule has 0 aliphatic carbocycles. The summed E-state index contributed by atoms with van der Waals surface area (Å²) in [5, 5.41) is 63.4. The van der Waals surface area contributed by atoms with Gasteiger partial charge in [0.1, 0.15) is 55.1 Å². The van der Waals surface area contributed by atoms with Gasteiger partial charge in [0, 0.05) is 18.0 Å². The van der Waals surface area contributed by atoms with Crippen molar-refractivity contribution < 1.29 is 49.6 Å². The molecule has 0 bridgehead atoms. The highest BCUT2D eigenvalue weighted by Crippen LogP contribution is 2.38. The van der Waals surface area contributed by atoms with Crippen molar-refractivity contribution in [2.24, 2.45) is 0 Å². The van der Waals surface area contributed by atoms with Crippen LogP contribution < -0.4 is 10.1 Å². The van der Waals surface area contributed by atoms with Gasteiger partial charge in [-0.2, -0.15) is 0 Å². The number of halogens is 4. The van der Waals surface area contributed by atoms with Crippen molar-refractivity contribution in [1.82, 2.24) is 5.32 Å². The largest absolute Gasteiger partial charge is 0.490 e.